The highest BCUT2D eigenvalue weighted by Crippen LogP contribution is 2.26. The van der Waals surface area contributed by atoms with E-state index in [4.69, 9.17) is 16.0 Å². The summed E-state index contributed by atoms with van der Waals surface area (Å²) in [5.74, 6) is 0.254. The van der Waals surface area contributed by atoms with E-state index in [9.17, 15) is 15.3 Å². The number of carbonyl (C=O) groups excluding carboxylic acids is 1. The second-order valence-corrected chi connectivity index (χ2v) is 5.93. The van der Waals surface area contributed by atoms with E-state index in [1.807, 2.05) is 6.07 Å². The topological polar surface area (TPSA) is 89.8 Å². The Morgan fingerprint density at radius 2 is 1.78 bits per heavy atom. The normalized spacial score (nSPS) is 10.7. The number of nitriles is 2. The second-order valence-electron chi connectivity index (χ2n) is 5.49. The number of nitrogens with zero attached hydrogens (tertiary/aromatic N) is 2. The number of rotatable bonds is 4. The molecule has 0 bridgehead atoms. The number of halogens is 1. The Bertz CT molecular complexity index is 1100. The molecular formula is C21H12ClN3O2. The van der Waals surface area contributed by atoms with E-state index in [0.29, 0.717) is 33.4 Å². The van der Waals surface area contributed by atoms with Crippen molar-refractivity contribution in [2.45, 2.75) is 0 Å². The van der Waals surface area contributed by atoms with Gasteiger partial charge in [0.05, 0.1) is 11.6 Å². The quantitative estimate of drug-likeness (QED) is 0.513. The summed E-state index contributed by atoms with van der Waals surface area (Å²) in [4.78, 5) is 12.3. The third-order valence-electron chi connectivity index (χ3n) is 3.69. The van der Waals surface area contributed by atoms with Gasteiger partial charge in [-0.1, -0.05) is 23.7 Å². The van der Waals surface area contributed by atoms with E-state index in [0.717, 1.165) is 0 Å². The maximum Gasteiger partial charge on any atom is 0.266 e. The minimum atomic E-state index is -0.560. The number of nitrogens with one attached hydrogen (secondary N) is 1. The second kappa shape index (κ2) is 8.05. The summed E-state index contributed by atoms with van der Waals surface area (Å²) in [6, 6.07) is 20.9. The molecule has 0 radical (unpaired) electrons. The lowest BCUT2D eigenvalue weighted by atomic mass is 10.1. The van der Waals surface area contributed by atoms with Crippen LogP contribution in [-0.2, 0) is 4.79 Å². The van der Waals surface area contributed by atoms with Crippen molar-refractivity contribution in [2.24, 2.45) is 0 Å². The van der Waals surface area contributed by atoms with Crippen molar-refractivity contribution in [3.63, 3.8) is 0 Å². The number of hydrogen-bond donors (Lipinski definition) is 1. The Hall–Kier alpha value is -3.80. The Balaban J connectivity index is 1.83. The van der Waals surface area contributed by atoms with Crippen LogP contribution >= 0.6 is 11.6 Å². The number of hydrogen-bond acceptors (Lipinski definition) is 4. The molecule has 1 heterocycles. The first-order valence-electron chi connectivity index (χ1n) is 7.89. The number of anilines is 1. The Labute approximate surface area is 160 Å². The molecule has 1 N–H and O–H groups in total. The van der Waals surface area contributed by atoms with Crippen molar-refractivity contribution < 1.29 is 9.21 Å². The number of carbonyl (C=O) groups is 1. The van der Waals surface area contributed by atoms with Gasteiger partial charge in [0.2, 0.25) is 0 Å². The van der Waals surface area contributed by atoms with Crippen molar-refractivity contribution in [1.82, 2.24) is 0 Å². The zero-order valence-electron chi connectivity index (χ0n) is 13.9. The Kier molecular flexibility index (Phi) is 5.37. The molecule has 1 aromatic heterocycles. The molecule has 0 saturated carbocycles. The summed E-state index contributed by atoms with van der Waals surface area (Å²) in [6.07, 6.45) is 1.35. The van der Waals surface area contributed by atoms with Crippen molar-refractivity contribution in [3.8, 4) is 23.5 Å². The number of amides is 1. The van der Waals surface area contributed by atoms with E-state index in [1.165, 1.54) is 6.08 Å². The maximum absolute atomic E-state index is 12.3. The van der Waals surface area contributed by atoms with Gasteiger partial charge < -0.3 is 9.73 Å². The minimum Gasteiger partial charge on any atom is -0.457 e. The summed E-state index contributed by atoms with van der Waals surface area (Å²) >= 11 is 5.81. The van der Waals surface area contributed by atoms with Crippen LogP contribution in [0.25, 0.3) is 17.4 Å². The van der Waals surface area contributed by atoms with E-state index in [-0.39, 0.29) is 5.57 Å². The van der Waals surface area contributed by atoms with Crippen molar-refractivity contribution >= 4 is 29.3 Å². The van der Waals surface area contributed by atoms with Crippen LogP contribution in [0.5, 0.6) is 0 Å². The SMILES string of the molecule is N#C/C(=C\c1ccc(-c2ccccc2C#N)o1)C(=O)Nc1ccc(Cl)cc1. The van der Waals surface area contributed by atoms with Crippen LogP contribution in [0.2, 0.25) is 5.02 Å². The molecule has 0 aliphatic carbocycles. The van der Waals surface area contributed by atoms with Crippen LogP contribution in [0.3, 0.4) is 0 Å². The molecule has 0 aliphatic rings. The molecular weight excluding hydrogens is 362 g/mol. The number of benzene rings is 2. The first-order valence-corrected chi connectivity index (χ1v) is 8.26. The smallest absolute Gasteiger partial charge is 0.266 e. The summed E-state index contributed by atoms with van der Waals surface area (Å²) in [5, 5.41) is 21.7. The van der Waals surface area contributed by atoms with E-state index in [1.54, 1.807) is 60.7 Å². The van der Waals surface area contributed by atoms with Gasteiger partial charge in [-0.2, -0.15) is 10.5 Å². The van der Waals surface area contributed by atoms with Gasteiger partial charge in [-0.15, -0.1) is 0 Å². The molecule has 3 rings (SSSR count). The lowest BCUT2D eigenvalue weighted by molar-refractivity contribution is -0.112. The maximum atomic E-state index is 12.3. The highest BCUT2D eigenvalue weighted by atomic mass is 35.5. The molecule has 2 aromatic carbocycles. The molecule has 3 aromatic rings. The standard InChI is InChI=1S/C21H12ClN3O2/c22-16-5-7-17(8-6-16)25-21(26)15(13-24)11-18-9-10-20(27-18)19-4-2-1-3-14(19)12-23/h1-11H,(H,25,26)/b15-11+. The minimum absolute atomic E-state index is 0.112. The van der Waals surface area contributed by atoms with E-state index in [2.05, 4.69) is 11.4 Å². The zero-order chi connectivity index (χ0) is 19.2. The molecule has 0 fully saturated rings. The predicted octanol–water partition coefficient (Wildman–Crippen LogP) is 5.02. The lowest BCUT2D eigenvalue weighted by Gasteiger charge is -2.03. The van der Waals surface area contributed by atoms with Crippen LogP contribution in [-0.4, -0.2) is 5.91 Å². The van der Waals surface area contributed by atoms with Gasteiger partial charge >= 0.3 is 0 Å². The molecule has 0 aliphatic heterocycles. The van der Waals surface area contributed by atoms with Gasteiger partial charge in [0, 0.05) is 22.3 Å². The third kappa shape index (κ3) is 4.24. The summed E-state index contributed by atoms with van der Waals surface area (Å²) in [6.45, 7) is 0. The molecule has 27 heavy (non-hydrogen) atoms. The van der Waals surface area contributed by atoms with Crippen molar-refractivity contribution in [1.29, 1.82) is 10.5 Å². The third-order valence-corrected chi connectivity index (χ3v) is 3.95. The summed E-state index contributed by atoms with van der Waals surface area (Å²) < 4.78 is 5.68. The van der Waals surface area contributed by atoms with Crippen LogP contribution in [0.15, 0.2) is 70.7 Å². The van der Waals surface area contributed by atoms with Crippen molar-refractivity contribution in [3.05, 3.63) is 82.6 Å². The molecule has 0 atom stereocenters. The molecule has 5 nitrogen and oxygen atoms in total. The summed E-state index contributed by atoms with van der Waals surface area (Å²) in [7, 11) is 0. The fourth-order valence-corrected chi connectivity index (χ4v) is 2.52. The highest BCUT2D eigenvalue weighted by molar-refractivity contribution is 6.30. The van der Waals surface area contributed by atoms with Crippen LogP contribution in [0, 0.1) is 22.7 Å². The number of furan rings is 1. The van der Waals surface area contributed by atoms with Gasteiger partial charge in [-0.25, -0.2) is 0 Å². The fraction of sp³-hybridized carbons (Fsp3) is 0. The van der Waals surface area contributed by atoms with Crippen molar-refractivity contribution in [2.75, 3.05) is 5.32 Å². The predicted molar refractivity (Wildman–Crippen MR) is 103 cm³/mol. The monoisotopic (exact) mass is 373 g/mol. The Morgan fingerprint density at radius 1 is 1.04 bits per heavy atom. The van der Waals surface area contributed by atoms with Crippen LogP contribution in [0.4, 0.5) is 5.69 Å². The summed E-state index contributed by atoms with van der Waals surface area (Å²) in [5.41, 5.74) is 1.53. The average molecular weight is 374 g/mol. The molecule has 1 amide bonds. The van der Waals surface area contributed by atoms with Gasteiger partial charge in [-0.05, 0) is 48.5 Å². The largest absolute Gasteiger partial charge is 0.457 e. The van der Waals surface area contributed by atoms with Gasteiger partial charge in [0.1, 0.15) is 23.2 Å². The fourth-order valence-electron chi connectivity index (χ4n) is 2.39. The highest BCUT2D eigenvalue weighted by Gasteiger charge is 2.12. The van der Waals surface area contributed by atoms with Crippen LogP contribution < -0.4 is 5.32 Å². The van der Waals surface area contributed by atoms with Gasteiger partial charge in [-0.3, -0.25) is 4.79 Å². The van der Waals surface area contributed by atoms with E-state index < -0.39 is 5.91 Å². The van der Waals surface area contributed by atoms with Gasteiger partial charge in [0.15, 0.2) is 0 Å². The molecule has 0 spiro atoms. The first kappa shape index (κ1) is 18.0. The van der Waals surface area contributed by atoms with E-state index >= 15 is 0 Å². The molecule has 6 heteroatoms. The van der Waals surface area contributed by atoms with Gasteiger partial charge in [0.25, 0.3) is 5.91 Å². The molecule has 130 valence electrons. The molecule has 0 unspecified atom stereocenters. The molecule has 0 saturated heterocycles. The van der Waals surface area contributed by atoms with Crippen LogP contribution in [0.1, 0.15) is 11.3 Å². The first-order chi connectivity index (χ1) is 13.1. The average Bonchev–Trinajstić information content (AvgIpc) is 3.16. The zero-order valence-corrected chi connectivity index (χ0v) is 14.7. The lowest BCUT2D eigenvalue weighted by Crippen LogP contribution is -2.13. The Morgan fingerprint density at radius 3 is 2.48 bits per heavy atom.